The zero-order valence-electron chi connectivity index (χ0n) is 15.4. The van der Waals surface area contributed by atoms with Gasteiger partial charge in [0.25, 0.3) is 5.91 Å². The predicted octanol–water partition coefficient (Wildman–Crippen LogP) is 3.05. The smallest absolute Gasteiger partial charge is 0.317 e. The number of carbonyl (C=O) groups is 2. The second-order valence-electron chi connectivity index (χ2n) is 7.12. The van der Waals surface area contributed by atoms with Crippen molar-refractivity contribution >= 4 is 28.7 Å². The van der Waals surface area contributed by atoms with E-state index < -0.39 is 11.9 Å². The van der Waals surface area contributed by atoms with Crippen molar-refractivity contribution < 1.29 is 14.0 Å². The maximum absolute atomic E-state index is 11.8. The monoisotopic (exact) mass is 381 g/mol. The fraction of sp³-hybridized carbons (Fsp3) is 0.300. The fourth-order valence-electron chi connectivity index (χ4n) is 3.83. The van der Waals surface area contributed by atoms with E-state index in [2.05, 4.69) is 15.6 Å². The number of rotatable bonds is 6. The highest BCUT2D eigenvalue weighted by molar-refractivity contribution is 6.13. The summed E-state index contributed by atoms with van der Waals surface area (Å²) < 4.78 is 5.97. The molecule has 1 saturated carbocycles. The Bertz CT molecular complexity index is 1030. The highest BCUT2D eigenvalue weighted by Crippen LogP contribution is 2.31. The molecular formula is C20H23N5O3. The number of aromatic amines is 1. The zero-order chi connectivity index (χ0) is 19.7. The van der Waals surface area contributed by atoms with Crippen molar-refractivity contribution in [3.05, 3.63) is 41.7 Å². The molecule has 0 aliphatic heterocycles. The van der Waals surface area contributed by atoms with Crippen LogP contribution in [0.2, 0.25) is 0 Å². The number of nitrogens with one attached hydrogen (secondary N) is 3. The van der Waals surface area contributed by atoms with Gasteiger partial charge in [-0.25, -0.2) is 4.79 Å². The van der Waals surface area contributed by atoms with Crippen LogP contribution in [0.25, 0.3) is 22.2 Å². The van der Waals surface area contributed by atoms with Gasteiger partial charge >= 0.3 is 6.03 Å². The van der Waals surface area contributed by atoms with E-state index in [1.807, 2.05) is 24.3 Å². The first-order valence-electron chi connectivity index (χ1n) is 9.35. The summed E-state index contributed by atoms with van der Waals surface area (Å²) >= 11 is 0. The Kier molecular flexibility index (Phi) is 4.79. The molecule has 0 saturated heterocycles. The van der Waals surface area contributed by atoms with Crippen molar-refractivity contribution in [1.29, 1.82) is 0 Å². The quantitative estimate of drug-likeness (QED) is 0.448. The van der Waals surface area contributed by atoms with E-state index in [0.717, 1.165) is 17.1 Å². The third-order valence-electron chi connectivity index (χ3n) is 5.16. The first-order valence-corrected chi connectivity index (χ1v) is 9.35. The topological polar surface area (TPSA) is 139 Å². The van der Waals surface area contributed by atoms with E-state index in [1.54, 1.807) is 6.07 Å². The Hall–Kier alpha value is -3.26. The molecular weight excluding hydrogens is 358 g/mol. The number of hydrogen-bond acceptors (Lipinski definition) is 4. The molecule has 8 heteroatoms. The molecule has 3 amide bonds. The molecule has 4 rings (SSSR count). The molecule has 1 aliphatic carbocycles. The third kappa shape index (κ3) is 3.59. The number of primary amides is 2. The summed E-state index contributed by atoms with van der Waals surface area (Å²) in [5.41, 5.74) is 12.3. The summed E-state index contributed by atoms with van der Waals surface area (Å²) in [5, 5.41) is 6.54. The number of urea groups is 1. The molecule has 8 nitrogen and oxygen atoms in total. The van der Waals surface area contributed by atoms with E-state index in [-0.39, 0.29) is 11.4 Å². The summed E-state index contributed by atoms with van der Waals surface area (Å²) in [5.74, 6) is 1.14. The molecule has 2 aromatic heterocycles. The lowest BCUT2D eigenvalue weighted by atomic mass is 10.1. The zero-order valence-corrected chi connectivity index (χ0v) is 15.4. The SMILES string of the molecule is NC(=O)Nc1[nH]c2cc(-c3ccc(CNC4CCCC4)o3)ccc2c1C(N)=O. The van der Waals surface area contributed by atoms with Crippen LogP contribution in [0.1, 0.15) is 41.8 Å². The van der Waals surface area contributed by atoms with Crippen LogP contribution in [0.5, 0.6) is 0 Å². The minimum absolute atomic E-state index is 0.188. The molecule has 7 N–H and O–H groups in total. The molecule has 0 spiro atoms. The first kappa shape index (κ1) is 18.1. The number of carbonyl (C=O) groups excluding carboxylic acids is 2. The molecule has 3 aromatic rings. The van der Waals surface area contributed by atoms with Gasteiger partial charge in [0.05, 0.1) is 12.1 Å². The van der Waals surface area contributed by atoms with Gasteiger partial charge in [0, 0.05) is 22.5 Å². The van der Waals surface area contributed by atoms with Crippen molar-refractivity contribution in [2.45, 2.75) is 38.3 Å². The van der Waals surface area contributed by atoms with Crippen LogP contribution in [0.15, 0.2) is 34.7 Å². The predicted molar refractivity (Wildman–Crippen MR) is 107 cm³/mol. The van der Waals surface area contributed by atoms with Crippen LogP contribution in [-0.4, -0.2) is 23.0 Å². The Morgan fingerprint density at radius 3 is 2.64 bits per heavy atom. The van der Waals surface area contributed by atoms with Gasteiger partial charge in [-0.05, 0) is 31.0 Å². The van der Waals surface area contributed by atoms with Gasteiger partial charge in [-0.15, -0.1) is 0 Å². The van der Waals surface area contributed by atoms with Crippen molar-refractivity contribution in [1.82, 2.24) is 10.3 Å². The van der Waals surface area contributed by atoms with E-state index >= 15 is 0 Å². The number of nitrogens with two attached hydrogens (primary N) is 2. The third-order valence-corrected chi connectivity index (χ3v) is 5.16. The molecule has 2 heterocycles. The average Bonchev–Trinajstić information content (AvgIpc) is 3.38. The molecule has 1 aromatic carbocycles. The molecule has 0 radical (unpaired) electrons. The Morgan fingerprint density at radius 1 is 1.14 bits per heavy atom. The lowest BCUT2D eigenvalue weighted by molar-refractivity contribution is 0.100. The minimum Gasteiger partial charge on any atom is -0.460 e. The van der Waals surface area contributed by atoms with Gasteiger partial charge in [-0.3, -0.25) is 10.1 Å². The first-order chi connectivity index (χ1) is 13.5. The number of fused-ring (bicyclic) bond motifs is 1. The van der Waals surface area contributed by atoms with Crippen molar-refractivity contribution in [3.8, 4) is 11.3 Å². The Labute approximate surface area is 161 Å². The van der Waals surface area contributed by atoms with Gasteiger partial charge in [-0.1, -0.05) is 25.0 Å². The average molecular weight is 381 g/mol. The summed E-state index contributed by atoms with van der Waals surface area (Å²) in [6.45, 7) is 0.702. The van der Waals surface area contributed by atoms with Gasteiger partial charge in [0.1, 0.15) is 17.3 Å². The number of H-pyrrole nitrogens is 1. The molecule has 146 valence electrons. The van der Waals surface area contributed by atoms with Gasteiger partial charge in [-0.2, -0.15) is 0 Å². The van der Waals surface area contributed by atoms with E-state index in [0.29, 0.717) is 23.5 Å². The second-order valence-corrected chi connectivity index (χ2v) is 7.12. The number of furan rings is 1. The number of amides is 3. The number of hydrogen-bond donors (Lipinski definition) is 5. The van der Waals surface area contributed by atoms with Crippen LogP contribution in [0.3, 0.4) is 0 Å². The summed E-state index contributed by atoms with van der Waals surface area (Å²) in [6.07, 6.45) is 5.02. The Balaban J connectivity index is 1.59. The number of benzene rings is 1. The van der Waals surface area contributed by atoms with Crippen LogP contribution >= 0.6 is 0 Å². The summed E-state index contributed by atoms with van der Waals surface area (Å²) in [7, 11) is 0. The molecule has 1 fully saturated rings. The van der Waals surface area contributed by atoms with E-state index in [4.69, 9.17) is 15.9 Å². The van der Waals surface area contributed by atoms with E-state index in [9.17, 15) is 9.59 Å². The van der Waals surface area contributed by atoms with Crippen LogP contribution < -0.4 is 22.1 Å². The minimum atomic E-state index is -0.778. The Morgan fingerprint density at radius 2 is 1.93 bits per heavy atom. The fourth-order valence-corrected chi connectivity index (χ4v) is 3.83. The molecule has 0 unspecified atom stereocenters. The molecule has 0 bridgehead atoms. The lowest BCUT2D eigenvalue weighted by Gasteiger charge is -2.09. The number of anilines is 1. The highest BCUT2D eigenvalue weighted by Gasteiger charge is 2.19. The van der Waals surface area contributed by atoms with Gasteiger partial charge in [0.15, 0.2) is 0 Å². The van der Waals surface area contributed by atoms with Crippen LogP contribution in [0.4, 0.5) is 10.6 Å². The number of aromatic nitrogens is 1. The summed E-state index contributed by atoms with van der Waals surface area (Å²) in [6, 6.07) is 9.15. The van der Waals surface area contributed by atoms with Crippen LogP contribution in [-0.2, 0) is 6.54 Å². The molecule has 0 atom stereocenters. The van der Waals surface area contributed by atoms with E-state index in [1.165, 1.54) is 25.7 Å². The summed E-state index contributed by atoms with van der Waals surface area (Å²) in [4.78, 5) is 26.0. The highest BCUT2D eigenvalue weighted by atomic mass is 16.3. The van der Waals surface area contributed by atoms with Gasteiger partial charge in [0.2, 0.25) is 0 Å². The van der Waals surface area contributed by atoms with Crippen molar-refractivity contribution in [2.75, 3.05) is 5.32 Å². The normalized spacial score (nSPS) is 14.6. The van der Waals surface area contributed by atoms with Gasteiger partial charge < -0.3 is 26.2 Å². The maximum Gasteiger partial charge on any atom is 0.317 e. The lowest BCUT2D eigenvalue weighted by Crippen LogP contribution is -2.24. The maximum atomic E-state index is 11.8. The second kappa shape index (κ2) is 7.40. The molecule has 1 aliphatic rings. The van der Waals surface area contributed by atoms with Crippen LogP contribution in [0, 0.1) is 0 Å². The largest absolute Gasteiger partial charge is 0.460 e. The van der Waals surface area contributed by atoms with Crippen molar-refractivity contribution in [2.24, 2.45) is 11.5 Å². The molecule has 28 heavy (non-hydrogen) atoms. The standard InChI is InChI=1S/C20H23N5O3/c21-18(26)17-14-7-5-11(9-15(14)24-19(17)25-20(22)27)16-8-6-13(28-16)10-23-12-3-1-2-4-12/h5-9,12,23-24H,1-4,10H2,(H2,21,26)(H3,22,25,27). The van der Waals surface area contributed by atoms with Crippen molar-refractivity contribution in [3.63, 3.8) is 0 Å².